The number of hydrogen-bond donors (Lipinski definition) is 0. The zero-order valence-electron chi connectivity index (χ0n) is 38.8. The Morgan fingerprint density at radius 3 is 2.34 bits per heavy atom. The SMILES string of the molecule is C#Cc1ccc(COc2c(C)c(/C(C)=N\C(=C)OC3CCOCC3)cc(C3CC3)c2-c2cc(OCOC)cc(F)c2C)cc1.CC[C@@H]1C[C@H](C(C)C)CN1C(=O)OC(C)(C)CC. The van der Waals surface area contributed by atoms with Crippen molar-refractivity contribution in [3.8, 4) is 35.0 Å². The van der Waals surface area contributed by atoms with E-state index in [4.69, 9.17) is 39.8 Å². The summed E-state index contributed by atoms with van der Waals surface area (Å²) >= 11 is 0. The Hall–Kier alpha value is -4.85. The second-order valence-corrected chi connectivity index (χ2v) is 17.8. The highest BCUT2D eigenvalue weighted by Gasteiger charge is 2.38. The van der Waals surface area contributed by atoms with E-state index in [0.717, 1.165) is 96.1 Å². The van der Waals surface area contributed by atoms with Gasteiger partial charge in [0.1, 0.15) is 35.6 Å². The van der Waals surface area contributed by atoms with Gasteiger partial charge in [-0.25, -0.2) is 14.2 Å². The molecule has 2 atom stereocenters. The van der Waals surface area contributed by atoms with Gasteiger partial charge in [0, 0.05) is 66.6 Å². The molecule has 9 nitrogen and oxygen atoms in total. The summed E-state index contributed by atoms with van der Waals surface area (Å²) < 4.78 is 49.9. The van der Waals surface area contributed by atoms with Crippen molar-refractivity contribution in [3.63, 3.8) is 0 Å². The van der Waals surface area contributed by atoms with Gasteiger partial charge in [-0.1, -0.05) is 45.7 Å². The summed E-state index contributed by atoms with van der Waals surface area (Å²) in [4.78, 5) is 19.0. The van der Waals surface area contributed by atoms with E-state index < -0.39 is 0 Å². The van der Waals surface area contributed by atoms with Gasteiger partial charge in [0.05, 0.1) is 13.2 Å². The Balaban J connectivity index is 0.000000338. The van der Waals surface area contributed by atoms with Crippen molar-refractivity contribution >= 4 is 11.8 Å². The first-order valence-electron chi connectivity index (χ1n) is 22.4. The van der Waals surface area contributed by atoms with Crippen LogP contribution in [0.1, 0.15) is 133 Å². The van der Waals surface area contributed by atoms with E-state index in [1.807, 2.05) is 69.9 Å². The quantitative estimate of drug-likeness (QED) is 0.0614. The van der Waals surface area contributed by atoms with Crippen molar-refractivity contribution in [2.24, 2.45) is 16.8 Å². The smallest absolute Gasteiger partial charge is 0.410 e. The third-order valence-electron chi connectivity index (χ3n) is 12.5. The Labute approximate surface area is 370 Å². The molecule has 0 aromatic heterocycles. The minimum Gasteiger partial charge on any atom is -0.488 e. The van der Waals surface area contributed by atoms with Gasteiger partial charge < -0.3 is 33.3 Å². The zero-order valence-corrected chi connectivity index (χ0v) is 38.8. The lowest BCUT2D eigenvalue weighted by Gasteiger charge is -2.29. The Morgan fingerprint density at radius 1 is 1.05 bits per heavy atom. The number of aliphatic imine (C=N–C) groups is 1. The first kappa shape index (κ1) is 48.2. The molecule has 3 aliphatic rings. The molecule has 2 aliphatic heterocycles. The molecule has 2 heterocycles. The molecule has 1 aliphatic carbocycles. The number of carbonyl (C=O) groups is 1. The molecule has 1 amide bonds. The topological polar surface area (TPSA) is 88.1 Å². The van der Waals surface area contributed by atoms with Gasteiger partial charge in [0.2, 0.25) is 5.88 Å². The van der Waals surface area contributed by atoms with Crippen LogP contribution in [0.4, 0.5) is 9.18 Å². The predicted molar refractivity (Wildman–Crippen MR) is 245 cm³/mol. The zero-order chi connectivity index (χ0) is 45.1. The van der Waals surface area contributed by atoms with E-state index in [1.165, 1.54) is 13.2 Å². The number of hydrogen-bond acceptors (Lipinski definition) is 8. The molecule has 336 valence electrons. The summed E-state index contributed by atoms with van der Waals surface area (Å²) in [7, 11) is 1.54. The number of rotatable bonds is 16. The summed E-state index contributed by atoms with van der Waals surface area (Å²) in [5.41, 5.74) is 7.25. The fourth-order valence-corrected chi connectivity index (χ4v) is 7.98. The van der Waals surface area contributed by atoms with E-state index in [1.54, 1.807) is 6.92 Å². The van der Waals surface area contributed by atoms with Gasteiger partial charge >= 0.3 is 6.09 Å². The molecule has 3 aromatic rings. The van der Waals surface area contributed by atoms with Crippen LogP contribution < -0.4 is 9.47 Å². The van der Waals surface area contributed by atoms with Crippen LogP contribution in [0.5, 0.6) is 11.5 Å². The van der Waals surface area contributed by atoms with E-state index in [0.29, 0.717) is 66.6 Å². The molecule has 0 N–H and O–H groups in total. The summed E-state index contributed by atoms with van der Waals surface area (Å²) in [5, 5.41) is 0. The van der Waals surface area contributed by atoms with Crippen molar-refractivity contribution < 1.29 is 37.6 Å². The maximum Gasteiger partial charge on any atom is 0.410 e. The third kappa shape index (κ3) is 12.6. The van der Waals surface area contributed by atoms with Crippen LogP contribution in [-0.4, -0.2) is 68.1 Å². The maximum absolute atomic E-state index is 15.4. The monoisotopic (exact) mass is 853 g/mol. The molecule has 1 saturated carbocycles. The highest BCUT2D eigenvalue weighted by molar-refractivity contribution is 6.02. The second-order valence-electron chi connectivity index (χ2n) is 17.8. The number of likely N-dealkylation sites (tertiary alicyclic amines) is 1. The lowest BCUT2D eigenvalue weighted by molar-refractivity contribution is -0.00393. The minimum atomic E-state index is -0.356. The minimum absolute atomic E-state index is 0.0158. The standard InChI is InChI=1S/C37H40FNO5.C15H29NO2/c1-7-27-8-10-28(11-9-27)21-42-37-24(3)32(25(4)39-26(5)44-30-14-16-41-17-15-30)20-34(29-12-13-29)36(37)33-18-31(43-22-40-6)19-35(38)23(33)2;1-7-13-9-12(11(3)4)10-16(13)14(17)18-15(5,6)8-2/h1,8-11,18-20,29-30H,5,12-17,21-22H2,2-4,6H3;11-13H,7-10H2,1-6H3/b39-25-;/t;12-,13+/m.0/s1. The lowest BCUT2D eigenvalue weighted by Crippen LogP contribution is -2.40. The second kappa shape index (κ2) is 22.0. The first-order valence-corrected chi connectivity index (χ1v) is 22.4. The average molecular weight is 853 g/mol. The molecule has 3 aromatic carbocycles. The lowest BCUT2D eigenvalue weighted by atomic mass is 9.87. The van der Waals surface area contributed by atoms with Crippen LogP contribution in [0.15, 0.2) is 59.9 Å². The molecule has 10 heteroatoms. The van der Waals surface area contributed by atoms with E-state index in [-0.39, 0.29) is 30.4 Å². The molecular weight excluding hydrogens is 784 g/mol. The van der Waals surface area contributed by atoms with E-state index in [9.17, 15) is 4.79 Å². The van der Waals surface area contributed by atoms with Gasteiger partial charge in [0.15, 0.2) is 6.79 Å². The van der Waals surface area contributed by atoms with Crippen molar-refractivity contribution in [2.75, 3.05) is 33.7 Å². The molecular formula is C52H69FN2O7. The molecule has 0 radical (unpaired) electrons. The molecule has 2 saturated heterocycles. The number of nitrogens with zero attached hydrogens (tertiary/aromatic N) is 2. The van der Waals surface area contributed by atoms with Crippen molar-refractivity contribution in [2.45, 2.75) is 138 Å². The number of carbonyl (C=O) groups excluding carboxylic acids is 1. The summed E-state index contributed by atoms with van der Waals surface area (Å²) in [5.74, 6) is 5.33. The average Bonchev–Trinajstić information content (AvgIpc) is 4.00. The molecule has 62 heavy (non-hydrogen) atoms. The predicted octanol–water partition coefficient (Wildman–Crippen LogP) is 12.1. The highest BCUT2D eigenvalue weighted by atomic mass is 19.1. The Morgan fingerprint density at radius 2 is 1.74 bits per heavy atom. The third-order valence-corrected chi connectivity index (χ3v) is 12.5. The molecule has 6 rings (SSSR count). The van der Waals surface area contributed by atoms with Crippen LogP contribution in [0.3, 0.4) is 0 Å². The van der Waals surface area contributed by atoms with E-state index in [2.05, 4.69) is 39.3 Å². The van der Waals surface area contributed by atoms with Crippen LogP contribution in [-0.2, 0) is 25.6 Å². The summed E-state index contributed by atoms with van der Waals surface area (Å²) in [6.45, 7) is 25.0. The molecule has 0 spiro atoms. The normalized spacial score (nSPS) is 18.2. The number of halogens is 1. The highest BCUT2D eigenvalue weighted by Crippen LogP contribution is 2.51. The maximum atomic E-state index is 15.4. The number of amides is 1. The number of methoxy groups -OCH3 is 1. The van der Waals surface area contributed by atoms with Gasteiger partial charge in [-0.3, -0.25) is 0 Å². The fraction of sp³-hybridized carbons (Fsp3) is 0.538. The molecule has 3 fully saturated rings. The Kier molecular flexibility index (Phi) is 17.1. The molecule has 0 bridgehead atoms. The summed E-state index contributed by atoms with van der Waals surface area (Å²) in [6.07, 6.45) is 12.2. The Bertz CT molecular complexity index is 2080. The number of ether oxygens (including phenoxy) is 6. The largest absolute Gasteiger partial charge is 0.488 e. The number of benzene rings is 3. The van der Waals surface area contributed by atoms with Gasteiger partial charge in [-0.05, 0) is 138 Å². The first-order chi connectivity index (χ1) is 29.6. The van der Waals surface area contributed by atoms with Crippen LogP contribution in [0, 0.1) is 43.8 Å². The fourth-order valence-electron chi connectivity index (χ4n) is 7.98. The van der Waals surface area contributed by atoms with Gasteiger partial charge in [-0.15, -0.1) is 6.42 Å². The molecule has 0 unspecified atom stereocenters. The van der Waals surface area contributed by atoms with Crippen molar-refractivity contribution in [3.05, 3.63) is 94.1 Å². The van der Waals surface area contributed by atoms with Crippen molar-refractivity contribution in [1.29, 1.82) is 0 Å². The van der Waals surface area contributed by atoms with E-state index >= 15 is 4.39 Å². The van der Waals surface area contributed by atoms with Gasteiger partial charge in [0.25, 0.3) is 0 Å². The summed E-state index contributed by atoms with van der Waals surface area (Å²) in [6, 6.07) is 13.5. The number of terminal acetylenes is 1. The van der Waals surface area contributed by atoms with Crippen LogP contribution >= 0.6 is 0 Å². The van der Waals surface area contributed by atoms with Gasteiger partial charge in [-0.2, -0.15) is 0 Å². The van der Waals surface area contributed by atoms with Crippen LogP contribution in [0.2, 0.25) is 0 Å². The van der Waals surface area contributed by atoms with Crippen molar-refractivity contribution in [1.82, 2.24) is 4.90 Å². The van der Waals surface area contributed by atoms with Crippen LogP contribution in [0.25, 0.3) is 11.1 Å².